The van der Waals surface area contributed by atoms with Gasteiger partial charge in [0.25, 0.3) is 0 Å². The number of hydrogen-bond acceptors (Lipinski definition) is 3. The molecule has 1 N–H and O–H groups in total. The fourth-order valence-corrected chi connectivity index (χ4v) is 1.73. The lowest BCUT2D eigenvalue weighted by Gasteiger charge is -2.18. The molecule has 90 valence electrons. The highest BCUT2D eigenvalue weighted by molar-refractivity contribution is 5.14. The molecular formula is C13H22N2O. The maximum atomic E-state index is 5.09. The SMILES string of the molecule is CCCNC(CCCOC)c1ccncc1. The predicted octanol–water partition coefficient (Wildman–Crippen LogP) is 2.55. The summed E-state index contributed by atoms with van der Waals surface area (Å²) in [6, 6.07) is 4.60. The monoisotopic (exact) mass is 222 g/mol. The van der Waals surface area contributed by atoms with Crippen LogP contribution in [0.5, 0.6) is 0 Å². The molecule has 0 saturated carbocycles. The molecule has 0 aliphatic rings. The number of pyridine rings is 1. The average Bonchev–Trinajstić information content (AvgIpc) is 2.35. The van der Waals surface area contributed by atoms with Gasteiger partial charge in [0.05, 0.1) is 0 Å². The minimum absolute atomic E-state index is 0.429. The summed E-state index contributed by atoms with van der Waals surface area (Å²) in [6.07, 6.45) is 7.06. The molecule has 1 unspecified atom stereocenters. The van der Waals surface area contributed by atoms with Crippen molar-refractivity contribution in [2.75, 3.05) is 20.3 Å². The molecule has 1 aromatic rings. The van der Waals surface area contributed by atoms with E-state index < -0.39 is 0 Å². The summed E-state index contributed by atoms with van der Waals surface area (Å²) in [6.45, 7) is 4.07. The van der Waals surface area contributed by atoms with Crippen molar-refractivity contribution in [2.24, 2.45) is 0 Å². The number of nitrogens with one attached hydrogen (secondary N) is 1. The quantitative estimate of drug-likeness (QED) is 0.686. The first-order valence-electron chi connectivity index (χ1n) is 6.00. The fourth-order valence-electron chi connectivity index (χ4n) is 1.73. The van der Waals surface area contributed by atoms with Crippen molar-refractivity contribution >= 4 is 0 Å². The van der Waals surface area contributed by atoms with Crippen LogP contribution < -0.4 is 5.32 Å². The molecule has 0 aliphatic heterocycles. The number of methoxy groups -OCH3 is 1. The van der Waals surface area contributed by atoms with Crippen LogP contribution in [0, 0.1) is 0 Å². The van der Waals surface area contributed by atoms with Crippen LogP contribution in [-0.4, -0.2) is 25.2 Å². The predicted molar refractivity (Wildman–Crippen MR) is 66.4 cm³/mol. The van der Waals surface area contributed by atoms with Gasteiger partial charge in [-0.05, 0) is 43.5 Å². The molecule has 16 heavy (non-hydrogen) atoms. The summed E-state index contributed by atoms with van der Waals surface area (Å²) in [5.74, 6) is 0. The summed E-state index contributed by atoms with van der Waals surface area (Å²) < 4.78 is 5.09. The van der Waals surface area contributed by atoms with Crippen molar-refractivity contribution in [3.05, 3.63) is 30.1 Å². The Labute approximate surface area is 98.2 Å². The van der Waals surface area contributed by atoms with Crippen molar-refractivity contribution in [3.8, 4) is 0 Å². The second-order valence-corrected chi connectivity index (χ2v) is 3.92. The zero-order valence-corrected chi connectivity index (χ0v) is 10.3. The van der Waals surface area contributed by atoms with E-state index in [4.69, 9.17) is 4.74 Å². The van der Waals surface area contributed by atoms with Gasteiger partial charge in [-0.2, -0.15) is 0 Å². The molecular weight excluding hydrogens is 200 g/mol. The van der Waals surface area contributed by atoms with Crippen LogP contribution in [0.25, 0.3) is 0 Å². The molecule has 1 aromatic heterocycles. The zero-order chi connectivity index (χ0) is 11.6. The molecule has 3 nitrogen and oxygen atoms in total. The van der Waals surface area contributed by atoms with Gasteiger partial charge in [0, 0.05) is 32.2 Å². The van der Waals surface area contributed by atoms with E-state index in [1.165, 1.54) is 5.56 Å². The molecule has 0 amide bonds. The van der Waals surface area contributed by atoms with E-state index in [0.717, 1.165) is 32.4 Å². The molecule has 0 bridgehead atoms. The van der Waals surface area contributed by atoms with Crippen LogP contribution >= 0.6 is 0 Å². The molecule has 0 radical (unpaired) electrons. The van der Waals surface area contributed by atoms with Crippen LogP contribution in [-0.2, 0) is 4.74 Å². The molecule has 0 fully saturated rings. The third-order valence-corrected chi connectivity index (χ3v) is 2.59. The minimum Gasteiger partial charge on any atom is -0.385 e. The van der Waals surface area contributed by atoms with Gasteiger partial charge in [-0.1, -0.05) is 6.92 Å². The highest BCUT2D eigenvalue weighted by atomic mass is 16.5. The van der Waals surface area contributed by atoms with E-state index in [9.17, 15) is 0 Å². The van der Waals surface area contributed by atoms with Crippen LogP contribution in [0.1, 0.15) is 37.8 Å². The molecule has 0 saturated heterocycles. The highest BCUT2D eigenvalue weighted by Crippen LogP contribution is 2.17. The highest BCUT2D eigenvalue weighted by Gasteiger charge is 2.09. The molecule has 1 rings (SSSR count). The Balaban J connectivity index is 2.49. The van der Waals surface area contributed by atoms with E-state index in [-0.39, 0.29) is 0 Å². The van der Waals surface area contributed by atoms with Crippen molar-refractivity contribution < 1.29 is 4.74 Å². The number of aromatic nitrogens is 1. The van der Waals surface area contributed by atoms with E-state index in [2.05, 4.69) is 29.4 Å². The normalized spacial score (nSPS) is 12.6. The molecule has 1 heterocycles. The largest absolute Gasteiger partial charge is 0.385 e. The van der Waals surface area contributed by atoms with E-state index >= 15 is 0 Å². The van der Waals surface area contributed by atoms with Crippen molar-refractivity contribution in [1.82, 2.24) is 10.3 Å². The Bertz CT molecular complexity index is 264. The summed E-state index contributed by atoms with van der Waals surface area (Å²) >= 11 is 0. The van der Waals surface area contributed by atoms with Crippen LogP contribution in [0.3, 0.4) is 0 Å². The third kappa shape index (κ3) is 4.73. The summed E-state index contributed by atoms with van der Waals surface area (Å²) in [5.41, 5.74) is 1.32. The lowest BCUT2D eigenvalue weighted by atomic mass is 10.0. The maximum Gasteiger partial charge on any atom is 0.0462 e. The smallest absolute Gasteiger partial charge is 0.0462 e. The number of hydrogen-bond donors (Lipinski definition) is 1. The van der Waals surface area contributed by atoms with Crippen LogP contribution in [0.4, 0.5) is 0 Å². The van der Waals surface area contributed by atoms with Crippen LogP contribution in [0.2, 0.25) is 0 Å². The first kappa shape index (κ1) is 13.1. The molecule has 0 aliphatic carbocycles. The van der Waals surface area contributed by atoms with Gasteiger partial charge in [0.1, 0.15) is 0 Å². The number of rotatable bonds is 8. The zero-order valence-electron chi connectivity index (χ0n) is 10.3. The molecule has 3 heteroatoms. The number of nitrogens with zero attached hydrogens (tertiary/aromatic N) is 1. The molecule has 0 aromatic carbocycles. The number of ether oxygens (including phenoxy) is 1. The Morgan fingerprint density at radius 1 is 1.38 bits per heavy atom. The van der Waals surface area contributed by atoms with Crippen molar-refractivity contribution in [3.63, 3.8) is 0 Å². The van der Waals surface area contributed by atoms with Gasteiger partial charge in [-0.15, -0.1) is 0 Å². The second kappa shape index (κ2) is 8.25. The van der Waals surface area contributed by atoms with Gasteiger partial charge in [-0.3, -0.25) is 4.98 Å². The van der Waals surface area contributed by atoms with Gasteiger partial charge < -0.3 is 10.1 Å². The second-order valence-electron chi connectivity index (χ2n) is 3.92. The molecule has 0 spiro atoms. The van der Waals surface area contributed by atoms with E-state index in [1.54, 1.807) is 7.11 Å². The Morgan fingerprint density at radius 3 is 2.75 bits per heavy atom. The summed E-state index contributed by atoms with van der Waals surface area (Å²) in [5, 5.41) is 3.56. The lowest BCUT2D eigenvalue weighted by Crippen LogP contribution is -2.22. The summed E-state index contributed by atoms with van der Waals surface area (Å²) in [7, 11) is 1.75. The molecule has 1 atom stereocenters. The fraction of sp³-hybridized carbons (Fsp3) is 0.615. The standard InChI is InChI=1S/C13H22N2O/c1-3-8-15-13(5-4-11-16-2)12-6-9-14-10-7-12/h6-7,9-10,13,15H,3-5,8,11H2,1-2H3. The van der Waals surface area contributed by atoms with E-state index in [1.807, 2.05) is 12.4 Å². The van der Waals surface area contributed by atoms with Crippen molar-refractivity contribution in [2.45, 2.75) is 32.2 Å². The van der Waals surface area contributed by atoms with Crippen LogP contribution in [0.15, 0.2) is 24.5 Å². The Hall–Kier alpha value is -0.930. The van der Waals surface area contributed by atoms with E-state index in [0.29, 0.717) is 6.04 Å². The maximum absolute atomic E-state index is 5.09. The first-order chi connectivity index (χ1) is 7.88. The summed E-state index contributed by atoms with van der Waals surface area (Å²) in [4.78, 5) is 4.05. The Kier molecular flexibility index (Phi) is 6.77. The minimum atomic E-state index is 0.429. The first-order valence-corrected chi connectivity index (χ1v) is 6.00. The van der Waals surface area contributed by atoms with Gasteiger partial charge in [-0.25, -0.2) is 0 Å². The lowest BCUT2D eigenvalue weighted by molar-refractivity contribution is 0.188. The topological polar surface area (TPSA) is 34.1 Å². The Morgan fingerprint density at radius 2 is 2.12 bits per heavy atom. The van der Waals surface area contributed by atoms with Gasteiger partial charge in [0.2, 0.25) is 0 Å². The third-order valence-electron chi connectivity index (χ3n) is 2.59. The van der Waals surface area contributed by atoms with Crippen molar-refractivity contribution in [1.29, 1.82) is 0 Å². The van der Waals surface area contributed by atoms with Gasteiger partial charge >= 0.3 is 0 Å². The average molecular weight is 222 g/mol. The van der Waals surface area contributed by atoms with Gasteiger partial charge in [0.15, 0.2) is 0 Å².